The molecule has 0 saturated carbocycles. The van der Waals surface area contributed by atoms with Gasteiger partial charge in [0.05, 0.1) is 0 Å². The summed E-state index contributed by atoms with van der Waals surface area (Å²) in [7, 11) is -0.489. The number of hydrogen-bond donors (Lipinski definition) is 1. The molecule has 0 rings (SSSR count). The first kappa shape index (κ1) is 5.37. The van der Waals surface area contributed by atoms with Crippen molar-refractivity contribution in [3.63, 3.8) is 0 Å². The standard InChI is InChI=1S/C2H6NS2/c1-2-5(3)4/h3H,2H2,1H3/q-1. The van der Waals surface area contributed by atoms with Gasteiger partial charge in [-0.1, -0.05) is 6.92 Å². The molecule has 0 spiro atoms. The second-order valence-corrected chi connectivity index (χ2v) is 3.11. The highest BCUT2D eigenvalue weighted by Gasteiger charge is 1.41. The van der Waals surface area contributed by atoms with Crippen LogP contribution < -0.4 is 0 Å². The molecule has 0 aromatic rings. The maximum absolute atomic E-state index is 6.67. The topological polar surface area (TPSA) is 23.9 Å². The van der Waals surface area contributed by atoms with Gasteiger partial charge in [-0.05, 0) is 0 Å². The minimum absolute atomic E-state index is 0.489. The molecule has 0 amide bonds. The summed E-state index contributed by atoms with van der Waals surface area (Å²) in [6, 6.07) is 0. The molecule has 1 nitrogen and oxygen atoms in total. The van der Waals surface area contributed by atoms with Crippen LogP contribution in [0.3, 0.4) is 0 Å². The second-order valence-electron chi connectivity index (χ2n) is 0.634. The van der Waals surface area contributed by atoms with E-state index >= 15 is 0 Å². The quantitative estimate of drug-likeness (QED) is 0.495. The van der Waals surface area contributed by atoms with Gasteiger partial charge in [0.2, 0.25) is 0 Å². The Bertz CT molecular complexity index is 65.7. The summed E-state index contributed by atoms with van der Waals surface area (Å²) in [6.45, 7) is 1.92. The molecule has 0 bridgehead atoms. The smallest absolute Gasteiger partial charge is 0.0825 e. The summed E-state index contributed by atoms with van der Waals surface area (Å²) in [6.07, 6.45) is 0. The molecule has 3 heteroatoms. The Kier molecular flexibility index (Phi) is 2.79. The molecule has 0 heterocycles. The summed E-state index contributed by atoms with van der Waals surface area (Å²) < 4.78 is 6.67. The molecule has 0 unspecified atom stereocenters. The highest BCUT2D eigenvalue weighted by atomic mass is 32.8. The van der Waals surface area contributed by atoms with E-state index in [4.69, 9.17) is 4.78 Å². The summed E-state index contributed by atoms with van der Waals surface area (Å²) in [4.78, 5) is 0. The van der Waals surface area contributed by atoms with E-state index in [2.05, 4.69) is 11.2 Å². The molecule has 0 saturated heterocycles. The summed E-state index contributed by atoms with van der Waals surface area (Å²) in [5, 5.41) is 0. The van der Waals surface area contributed by atoms with Crippen molar-refractivity contribution < 1.29 is 0 Å². The molecular weight excluding hydrogens is 102 g/mol. The number of hydrogen-bond acceptors (Lipinski definition) is 3. The molecule has 0 aliphatic heterocycles. The van der Waals surface area contributed by atoms with E-state index < -0.39 is 9.25 Å². The highest BCUT2D eigenvalue weighted by Crippen LogP contribution is 1.58. The van der Waals surface area contributed by atoms with Gasteiger partial charge in [-0.25, -0.2) is 0 Å². The summed E-state index contributed by atoms with van der Waals surface area (Å²) >= 11 is 4.47. The zero-order chi connectivity index (χ0) is 4.28. The molecule has 0 aliphatic rings. The van der Waals surface area contributed by atoms with Crippen molar-refractivity contribution in [1.29, 1.82) is 4.78 Å². The minimum Gasteiger partial charge on any atom is -0.441 e. The predicted octanol–water partition coefficient (Wildman–Crippen LogP) is 0.849. The SMILES string of the molecule is CC[S-](=N)=S. The molecule has 0 fully saturated rings. The first-order valence-electron chi connectivity index (χ1n) is 1.37. The van der Waals surface area contributed by atoms with Crippen molar-refractivity contribution in [1.82, 2.24) is 0 Å². The molecule has 32 valence electrons. The van der Waals surface area contributed by atoms with E-state index in [9.17, 15) is 0 Å². The van der Waals surface area contributed by atoms with Crippen LogP contribution in [0, 0.1) is 4.78 Å². The summed E-state index contributed by atoms with van der Waals surface area (Å²) in [5.74, 6) is 0.815. The fraction of sp³-hybridized carbons (Fsp3) is 1.00. The molecule has 0 aromatic carbocycles. The lowest BCUT2D eigenvalue weighted by Gasteiger charge is -1.85. The van der Waals surface area contributed by atoms with Crippen molar-refractivity contribution in [3.05, 3.63) is 0 Å². The van der Waals surface area contributed by atoms with Crippen LogP contribution in [0.25, 0.3) is 0 Å². The van der Waals surface area contributed by atoms with Crippen LogP contribution in [0.5, 0.6) is 0 Å². The lowest BCUT2D eigenvalue weighted by atomic mass is 11.0. The van der Waals surface area contributed by atoms with Crippen LogP contribution in [0.2, 0.25) is 0 Å². The fourth-order valence-corrected chi connectivity index (χ4v) is 0. The van der Waals surface area contributed by atoms with E-state index in [0.717, 1.165) is 5.75 Å². The number of rotatable bonds is 1. The lowest BCUT2D eigenvalue weighted by molar-refractivity contribution is 1.50. The van der Waals surface area contributed by atoms with Crippen LogP contribution in [0.15, 0.2) is 0 Å². The Balaban J connectivity index is 3.23. The van der Waals surface area contributed by atoms with Gasteiger partial charge in [-0.2, -0.15) is 0 Å². The van der Waals surface area contributed by atoms with Gasteiger partial charge in [0.25, 0.3) is 0 Å². The van der Waals surface area contributed by atoms with Crippen LogP contribution in [-0.2, 0) is 20.4 Å². The molecule has 0 radical (unpaired) electrons. The average Bonchev–Trinajstić information content (AvgIpc) is 1.38. The average molecular weight is 108 g/mol. The molecule has 5 heavy (non-hydrogen) atoms. The molecular formula is C2H6NS2-. The van der Waals surface area contributed by atoms with Crippen molar-refractivity contribution in [3.8, 4) is 0 Å². The van der Waals surface area contributed by atoms with Gasteiger partial charge in [0.15, 0.2) is 0 Å². The molecule has 0 aliphatic carbocycles. The fourth-order valence-electron chi connectivity index (χ4n) is 0. The second kappa shape index (κ2) is 2.60. The predicted molar refractivity (Wildman–Crippen MR) is 28.0 cm³/mol. The van der Waals surface area contributed by atoms with Crippen molar-refractivity contribution >= 4 is 20.4 Å². The third-order valence-electron chi connectivity index (χ3n) is 0.262. The Morgan fingerprint density at radius 1 is 2.00 bits per heavy atom. The molecule has 0 atom stereocenters. The monoisotopic (exact) mass is 108 g/mol. The van der Waals surface area contributed by atoms with E-state index in [1.54, 1.807) is 0 Å². The van der Waals surface area contributed by atoms with Crippen LogP contribution >= 0.6 is 0 Å². The van der Waals surface area contributed by atoms with Gasteiger partial charge < -0.3 is 14.0 Å². The Hall–Kier alpha value is 0.370. The normalized spacial score (nSPS) is 9.20. The van der Waals surface area contributed by atoms with E-state index in [1.165, 1.54) is 0 Å². The van der Waals surface area contributed by atoms with E-state index in [0.29, 0.717) is 0 Å². The van der Waals surface area contributed by atoms with E-state index in [1.807, 2.05) is 6.92 Å². The highest BCUT2D eigenvalue weighted by molar-refractivity contribution is 8.22. The third kappa shape index (κ3) is 4.37. The summed E-state index contributed by atoms with van der Waals surface area (Å²) in [5.41, 5.74) is 0. The van der Waals surface area contributed by atoms with Gasteiger partial charge >= 0.3 is 0 Å². The van der Waals surface area contributed by atoms with Gasteiger partial charge in [0, 0.05) is 0 Å². The Labute approximate surface area is 38.5 Å². The van der Waals surface area contributed by atoms with Crippen LogP contribution in [0.4, 0.5) is 0 Å². The van der Waals surface area contributed by atoms with Crippen molar-refractivity contribution in [2.45, 2.75) is 6.92 Å². The van der Waals surface area contributed by atoms with Crippen LogP contribution in [0.1, 0.15) is 6.92 Å². The maximum atomic E-state index is 6.67. The van der Waals surface area contributed by atoms with Crippen LogP contribution in [-0.4, -0.2) is 5.75 Å². The molecule has 1 N–H and O–H groups in total. The van der Waals surface area contributed by atoms with Gasteiger partial charge in [0.1, 0.15) is 0 Å². The van der Waals surface area contributed by atoms with Crippen molar-refractivity contribution in [2.24, 2.45) is 0 Å². The minimum atomic E-state index is -0.489. The Morgan fingerprint density at radius 2 is 2.20 bits per heavy atom. The van der Waals surface area contributed by atoms with E-state index in [-0.39, 0.29) is 0 Å². The largest absolute Gasteiger partial charge is 0.441 e. The molecule has 0 aromatic heterocycles. The zero-order valence-electron chi connectivity index (χ0n) is 3.02. The van der Waals surface area contributed by atoms with Gasteiger partial charge in [-0.3, -0.25) is 11.2 Å². The number of nitrogens with one attached hydrogen (secondary N) is 1. The zero-order valence-corrected chi connectivity index (χ0v) is 4.66. The first-order chi connectivity index (χ1) is 2.27. The maximum Gasteiger partial charge on any atom is -0.0825 e. The van der Waals surface area contributed by atoms with Gasteiger partial charge in [-0.15, -0.1) is 5.75 Å². The van der Waals surface area contributed by atoms with Crippen molar-refractivity contribution in [2.75, 3.05) is 5.75 Å². The lowest BCUT2D eigenvalue weighted by Crippen LogP contribution is -1.67. The Morgan fingerprint density at radius 3 is 2.20 bits per heavy atom. The first-order valence-corrected chi connectivity index (χ1v) is 3.69. The third-order valence-corrected chi connectivity index (χ3v) is 1.49.